The Balaban J connectivity index is 2.02. The molecule has 1 heterocycles. The molecule has 0 fully saturated rings. The van der Waals surface area contributed by atoms with Crippen molar-refractivity contribution >= 4 is 49.9 Å². The normalized spacial score (nSPS) is 10.2. The second-order valence-electron chi connectivity index (χ2n) is 4.19. The SMILES string of the molecule is Cc1ccc(NC(=O)C(=O)Nc2nc(C)cs2)c(Br)c1. The minimum Gasteiger partial charge on any atom is -0.317 e. The summed E-state index contributed by atoms with van der Waals surface area (Å²) in [5.74, 6) is -1.48. The number of rotatable bonds is 2. The van der Waals surface area contributed by atoms with E-state index in [0.29, 0.717) is 10.8 Å². The third-order valence-corrected chi connectivity index (χ3v) is 3.95. The second kappa shape index (κ2) is 6.15. The molecule has 2 N–H and O–H groups in total. The molecule has 1 aromatic carbocycles. The molecule has 0 unspecified atom stereocenters. The molecule has 0 saturated heterocycles. The van der Waals surface area contributed by atoms with Gasteiger partial charge in [-0.1, -0.05) is 6.07 Å². The fourth-order valence-electron chi connectivity index (χ4n) is 1.47. The third kappa shape index (κ3) is 3.64. The van der Waals surface area contributed by atoms with Crippen molar-refractivity contribution in [3.05, 3.63) is 39.3 Å². The first kappa shape index (κ1) is 14.7. The van der Waals surface area contributed by atoms with Crippen LogP contribution in [0.3, 0.4) is 0 Å². The van der Waals surface area contributed by atoms with Gasteiger partial charge in [-0.25, -0.2) is 4.98 Å². The largest absolute Gasteiger partial charge is 0.317 e. The number of aryl methyl sites for hydroxylation is 2. The fourth-order valence-corrected chi connectivity index (χ4v) is 2.74. The number of carbonyl (C=O) groups excluding carboxylic acids is 2. The Kier molecular flexibility index (Phi) is 4.51. The highest BCUT2D eigenvalue weighted by molar-refractivity contribution is 9.10. The van der Waals surface area contributed by atoms with Crippen molar-refractivity contribution in [2.75, 3.05) is 10.6 Å². The second-order valence-corrected chi connectivity index (χ2v) is 5.90. The van der Waals surface area contributed by atoms with Crippen LogP contribution in [0.2, 0.25) is 0 Å². The van der Waals surface area contributed by atoms with Crippen LogP contribution in [-0.2, 0) is 9.59 Å². The molecule has 0 spiro atoms. The molecule has 2 aromatic rings. The topological polar surface area (TPSA) is 71.1 Å². The molecule has 20 heavy (non-hydrogen) atoms. The van der Waals surface area contributed by atoms with Gasteiger partial charge in [0.05, 0.1) is 11.4 Å². The third-order valence-electron chi connectivity index (χ3n) is 2.42. The fraction of sp³-hybridized carbons (Fsp3) is 0.154. The summed E-state index contributed by atoms with van der Waals surface area (Å²) < 4.78 is 0.726. The summed E-state index contributed by atoms with van der Waals surface area (Å²) in [6.07, 6.45) is 0. The minimum atomic E-state index is -0.744. The molecule has 1 aromatic heterocycles. The van der Waals surface area contributed by atoms with E-state index < -0.39 is 11.8 Å². The molecule has 0 saturated carbocycles. The van der Waals surface area contributed by atoms with Crippen LogP contribution in [-0.4, -0.2) is 16.8 Å². The van der Waals surface area contributed by atoms with Crippen LogP contribution < -0.4 is 10.6 Å². The summed E-state index contributed by atoms with van der Waals surface area (Å²) in [7, 11) is 0. The van der Waals surface area contributed by atoms with Gasteiger partial charge in [0.25, 0.3) is 0 Å². The van der Waals surface area contributed by atoms with Crippen LogP contribution >= 0.6 is 27.3 Å². The average molecular weight is 354 g/mol. The standard InChI is InChI=1S/C13H12BrN3O2S/c1-7-3-4-10(9(14)5-7)16-11(18)12(19)17-13-15-8(2)6-20-13/h3-6H,1-2H3,(H,16,18)(H,15,17,19). The summed E-state index contributed by atoms with van der Waals surface area (Å²) in [5.41, 5.74) is 2.40. The van der Waals surface area contributed by atoms with E-state index in [2.05, 4.69) is 31.5 Å². The molecule has 2 amide bonds. The highest BCUT2D eigenvalue weighted by Gasteiger charge is 2.16. The van der Waals surface area contributed by atoms with Gasteiger partial charge in [-0.3, -0.25) is 14.9 Å². The molecular formula is C13H12BrN3O2S. The Morgan fingerprint density at radius 3 is 2.50 bits per heavy atom. The number of nitrogens with one attached hydrogen (secondary N) is 2. The molecule has 0 aliphatic rings. The molecule has 5 nitrogen and oxygen atoms in total. The number of amides is 2. The van der Waals surface area contributed by atoms with E-state index in [1.165, 1.54) is 11.3 Å². The molecule has 0 radical (unpaired) electrons. The number of aromatic nitrogens is 1. The molecular weight excluding hydrogens is 342 g/mol. The van der Waals surface area contributed by atoms with Crippen molar-refractivity contribution in [1.82, 2.24) is 4.98 Å². The van der Waals surface area contributed by atoms with Gasteiger partial charge in [-0.2, -0.15) is 0 Å². The van der Waals surface area contributed by atoms with Crippen LogP contribution in [0.15, 0.2) is 28.1 Å². The van der Waals surface area contributed by atoms with Gasteiger partial charge in [0.2, 0.25) is 0 Å². The van der Waals surface area contributed by atoms with Crippen LogP contribution in [0.1, 0.15) is 11.3 Å². The van der Waals surface area contributed by atoms with Gasteiger partial charge in [-0.05, 0) is 47.5 Å². The summed E-state index contributed by atoms with van der Waals surface area (Å²) >= 11 is 4.61. The molecule has 0 aliphatic heterocycles. The van der Waals surface area contributed by atoms with Gasteiger partial charge < -0.3 is 5.32 Å². The van der Waals surface area contributed by atoms with Crippen molar-refractivity contribution in [1.29, 1.82) is 0 Å². The van der Waals surface area contributed by atoms with E-state index in [1.54, 1.807) is 11.4 Å². The van der Waals surface area contributed by atoms with Gasteiger partial charge in [0.15, 0.2) is 5.13 Å². The number of halogens is 1. The summed E-state index contributed by atoms with van der Waals surface area (Å²) in [4.78, 5) is 27.6. The minimum absolute atomic E-state index is 0.408. The first-order valence-electron chi connectivity index (χ1n) is 5.76. The zero-order valence-corrected chi connectivity index (χ0v) is 13.3. The van der Waals surface area contributed by atoms with Crippen molar-refractivity contribution in [3.63, 3.8) is 0 Å². The lowest BCUT2D eigenvalue weighted by Crippen LogP contribution is -2.29. The van der Waals surface area contributed by atoms with Crippen LogP contribution in [0, 0.1) is 13.8 Å². The Morgan fingerprint density at radius 1 is 1.20 bits per heavy atom. The molecule has 2 rings (SSSR count). The van der Waals surface area contributed by atoms with Gasteiger partial charge >= 0.3 is 11.8 Å². The van der Waals surface area contributed by atoms with Crippen molar-refractivity contribution in [2.24, 2.45) is 0 Å². The highest BCUT2D eigenvalue weighted by Crippen LogP contribution is 2.23. The molecule has 0 aliphatic carbocycles. The Labute approximate surface area is 128 Å². The number of hydrogen-bond donors (Lipinski definition) is 2. The molecule has 7 heteroatoms. The average Bonchev–Trinajstić information content (AvgIpc) is 2.78. The Hall–Kier alpha value is -1.73. The van der Waals surface area contributed by atoms with Crippen molar-refractivity contribution in [2.45, 2.75) is 13.8 Å². The maximum absolute atomic E-state index is 11.8. The number of nitrogens with zero attached hydrogens (tertiary/aromatic N) is 1. The van der Waals surface area contributed by atoms with E-state index >= 15 is 0 Å². The first-order chi connectivity index (χ1) is 9.45. The number of anilines is 2. The lowest BCUT2D eigenvalue weighted by Gasteiger charge is -2.07. The van der Waals surface area contributed by atoms with Crippen LogP contribution in [0.4, 0.5) is 10.8 Å². The van der Waals surface area contributed by atoms with E-state index in [4.69, 9.17) is 0 Å². The van der Waals surface area contributed by atoms with Crippen molar-refractivity contribution in [3.8, 4) is 0 Å². The lowest BCUT2D eigenvalue weighted by atomic mass is 10.2. The zero-order valence-electron chi connectivity index (χ0n) is 10.9. The van der Waals surface area contributed by atoms with Gasteiger partial charge in [-0.15, -0.1) is 11.3 Å². The van der Waals surface area contributed by atoms with E-state index in [1.807, 2.05) is 26.0 Å². The van der Waals surface area contributed by atoms with E-state index in [9.17, 15) is 9.59 Å². The zero-order chi connectivity index (χ0) is 14.7. The summed E-state index contributed by atoms with van der Waals surface area (Å²) in [5, 5.41) is 7.20. The molecule has 0 bridgehead atoms. The Morgan fingerprint density at radius 2 is 1.90 bits per heavy atom. The van der Waals surface area contributed by atoms with Crippen LogP contribution in [0.25, 0.3) is 0 Å². The monoisotopic (exact) mass is 353 g/mol. The van der Waals surface area contributed by atoms with Gasteiger partial charge in [0, 0.05) is 9.85 Å². The lowest BCUT2D eigenvalue weighted by molar-refractivity contribution is -0.133. The molecule has 0 atom stereocenters. The smallest absolute Gasteiger partial charge is 0.315 e. The number of benzene rings is 1. The number of hydrogen-bond acceptors (Lipinski definition) is 4. The number of carbonyl (C=O) groups is 2. The van der Waals surface area contributed by atoms with Crippen molar-refractivity contribution < 1.29 is 9.59 Å². The first-order valence-corrected chi connectivity index (χ1v) is 7.43. The summed E-state index contributed by atoms with van der Waals surface area (Å²) in [6, 6.07) is 5.44. The van der Waals surface area contributed by atoms with E-state index in [0.717, 1.165) is 15.7 Å². The quantitative estimate of drug-likeness (QED) is 0.814. The van der Waals surface area contributed by atoms with Gasteiger partial charge in [0.1, 0.15) is 0 Å². The van der Waals surface area contributed by atoms with E-state index in [-0.39, 0.29) is 0 Å². The predicted octanol–water partition coefficient (Wildman–Crippen LogP) is 3.10. The summed E-state index contributed by atoms with van der Waals surface area (Å²) in [6.45, 7) is 3.75. The molecule has 104 valence electrons. The predicted molar refractivity (Wildman–Crippen MR) is 83.0 cm³/mol. The Bertz CT molecular complexity index is 669. The number of thiazole rings is 1. The van der Waals surface area contributed by atoms with Crippen LogP contribution in [0.5, 0.6) is 0 Å². The maximum Gasteiger partial charge on any atom is 0.315 e. The highest BCUT2D eigenvalue weighted by atomic mass is 79.9. The maximum atomic E-state index is 11.8.